The Kier molecular flexibility index (Phi) is 6.36. The van der Waals surface area contributed by atoms with Crippen LogP contribution >= 0.6 is 23.4 Å². The average Bonchev–Trinajstić information content (AvgIpc) is 3.32. The highest BCUT2D eigenvalue weighted by Crippen LogP contribution is 2.33. The Morgan fingerprint density at radius 2 is 1.97 bits per heavy atom. The first-order valence-corrected chi connectivity index (χ1v) is 11.7. The zero-order valence-electron chi connectivity index (χ0n) is 18.6. The molecule has 3 heterocycles. The number of hydrogen-bond donors (Lipinski definition) is 1. The van der Waals surface area contributed by atoms with Crippen LogP contribution in [0.4, 0.5) is 0 Å². The average molecular weight is 518 g/mol. The highest BCUT2D eigenvalue weighted by atomic mass is 35.5. The SMILES string of the molecule is COc1cc(/C=C2/C(=N)N3N=C(c4cccnc4)SC3=NC2=O)ccc1OC(=O)c1ccccc1Cl. The fourth-order valence-electron chi connectivity index (χ4n) is 3.40. The number of aromatic nitrogens is 1. The molecular formula is C25H16ClN5O4S. The van der Waals surface area contributed by atoms with Crippen molar-refractivity contribution in [1.82, 2.24) is 9.99 Å². The van der Waals surface area contributed by atoms with E-state index in [-0.39, 0.29) is 33.5 Å². The van der Waals surface area contributed by atoms with Gasteiger partial charge in [0, 0.05) is 18.0 Å². The van der Waals surface area contributed by atoms with Gasteiger partial charge in [-0.2, -0.15) is 15.1 Å². The summed E-state index contributed by atoms with van der Waals surface area (Å²) in [7, 11) is 1.43. The zero-order chi connectivity index (χ0) is 25.2. The van der Waals surface area contributed by atoms with E-state index in [1.165, 1.54) is 36.0 Å². The monoisotopic (exact) mass is 517 g/mol. The molecule has 0 saturated carbocycles. The van der Waals surface area contributed by atoms with E-state index >= 15 is 0 Å². The molecule has 0 radical (unpaired) electrons. The van der Waals surface area contributed by atoms with Crippen molar-refractivity contribution < 1.29 is 19.1 Å². The standard InChI is InChI=1S/C25H16ClN5O4S/c1-34-20-12-14(8-9-19(20)35-24(33)16-6-2-3-7-18(16)26)11-17-21(27)31-25(29-22(17)32)36-23(30-31)15-5-4-10-28-13-15/h2-13,27H,1H3/b17-11-,27-21?. The Bertz CT molecular complexity index is 1500. The predicted molar refractivity (Wildman–Crippen MR) is 138 cm³/mol. The largest absolute Gasteiger partial charge is 0.493 e. The van der Waals surface area contributed by atoms with Crippen LogP contribution in [0.15, 0.2) is 82.7 Å². The number of thioether (sulfide) groups is 1. The smallest absolute Gasteiger partial charge is 0.345 e. The first-order chi connectivity index (χ1) is 17.4. The van der Waals surface area contributed by atoms with E-state index in [1.54, 1.807) is 54.9 Å². The molecule has 2 aromatic carbocycles. The van der Waals surface area contributed by atoms with E-state index in [4.69, 9.17) is 26.5 Å². The van der Waals surface area contributed by atoms with E-state index in [9.17, 15) is 9.59 Å². The van der Waals surface area contributed by atoms with Crippen molar-refractivity contribution in [2.75, 3.05) is 7.11 Å². The summed E-state index contributed by atoms with van der Waals surface area (Å²) in [6.45, 7) is 0. The molecule has 36 heavy (non-hydrogen) atoms. The normalized spacial score (nSPS) is 15.9. The number of nitrogens with zero attached hydrogens (tertiary/aromatic N) is 4. The molecule has 5 rings (SSSR count). The third-order valence-electron chi connectivity index (χ3n) is 5.16. The van der Waals surface area contributed by atoms with Crippen molar-refractivity contribution in [1.29, 1.82) is 5.41 Å². The minimum Gasteiger partial charge on any atom is -0.493 e. The fourth-order valence-corrected chi connectivity index (χ4v) is 4.50. The molecule has 2 aliphatic heterocycles. The zero-order valence-corrected chi connectivity index (χ0v) is 20.2. The Balaban J connectivity index is 1.40. The van der Waals surface area contributed by atoms with Crippen LogP contribution in [0.3, 0.4) is 0 Å². The lowest BCUT2D eigenvalue weighted by Crippen LogP contribution is -2.35. The summed E-state index contributed by atoms with van der Waals surface area (Å²) in [4.78, 5) is 33.5. The number of fused-ring (bicyclic) bond motifs is 1. The lowest BCUT2D eigenvalue weighted by Gasteiger charge is -2.20. The molecule has 0 spiro atoms. The number of carbonyl (C=O) groups excluding carboxylic acids is 2. The van der Waals surface area contributed by atoms with Crippen LogP contribution in [0.1, 0.15) is 21.5 Å². The van der Waals surface area contributed by atoms with Gasteiger partial charge in [0.05, 0.1) is 23.3 Å². The van der Waals surface area contributed by atoms with Crippen LogP contribution in [0.2, 0.25) is 5.02 Å². The number of ether oxygens (including phenoxy) is 2. The number of amidine groups is 2. The topological polar surface area (TPSA) is 117 Å². The molecule has 3 aromatic rings. The molecule has 11 heteroatoms. The van der Waals surface area contributed by atoms with Gasteiger partial charge in [-0.25, -0.2) is 4.79 Å². The van der Waals surface area contributed by atoms with Gasteiger partial charge in [0.15, 0.2) is 17.3 Å². The predicted octanol–water partition coefficient (Wildman–Crippen LogP) is 4.63. The number of hydrogen-bond acceptors (Lipinski definition) is 8. The van der Waals surface area contributed by atoms with Crippen LogP contribution in [0.5, 0.6) is 11.5 Å². The van der Waals surface area contributed by atoms with Crippen LogP contribution in [-0.2, 0) is 4.79 Å². The van der Waals surface area contributed by atoms with Gasteiger partial charge in [-0.3, -0.25) is 15.2 Å². The van der Waals surface area contributed by atoms with Crippen molar-refractivity contribution in [2.24, 2.45) is 10.1 Å². The number of rotatable bonds is 5. The molecule has 0 unspecified atom stereocenters. The number of pyridine rings is 1. The fraction of sp³-hybridized carbons (Fsp3) is 0.0400. The van der Waals surface area contributed by atoms with E-state index < -0.39 is 11.9 Å². The first kappa shape index (κ1) is 23.5. The van der Waals surface area contributed by atoms with Gasteiger partial charge in [0.2, 0.25) is 5.17 Å². The van der Waals surface area contributed by atoms with Gasteiger partial charge in [0.25, 0.3) is 5.91 Å². The minimum absolute atomic E-state index is 0.0541. The maximum atomic E-state index is 12.7. The molecule has 0 saturated heterocycles. The summed E-state index contributed by atoms with van der Waals surface area (Å²) in [5.41, 5.74) is 1.58. The molecule has 0 fully saturated rings. The first-order valence-electron chi connectivity index (χ1n) is 10.5. The maximum absolute atomic E-state index is 12.7. The second-order valence-corrected chi connectivity index (χ2v) is 8.81. The van der Waals surface area contributed by atoms with E-state index in [0.29, 0.717) is 15.8 Å². The van der Waals surface area contributed by atoms with Crippen LogP contribution in [0, 0.1) is 5.41 Å². The lowest BCUT2D eigenvalue weighted by molar-refractivity contribution is -0.114. The van der Waals surface area contributed by atoms with Gasteiger partial charge in [0.1, 0.15) is 5.04 Å². The summed E-state index contributed by atoms with van der Waals surface area (Å²) in [5.74, 6) is -0.863. The summed E-state index contributed by atoms with van der Waals surface area (Å²) >= 11 is 7.28. The highest BCUT2D eigenvalue weighted by molar-refractivity contribution is 8.27. The number of benzene rings is 2. The van der Waals surface area contributed by atoms with Crippen molar-refractivity contribution in [3.8, 4) is 11.5 Å². The number of esters is 1. The number of hydrazone groups is 1. The Morgan fingerprint density at radius 3 is 2.72 bits per heavy atom. The molecule has 0 aliphatic carbocycles. The van der Waals surface area contributed by atoms with Crippen LogP contribution in [-0.4, -0.2) is 45.0 Å². The quantitative estimate of drug-likeness (QED) is 0.298. The number of methoxy groups -OCH3 is 1. The van der Waals surface area contributed by atoms with Gasteiger partial charge in [-0.1, -0.05) is 29.8 Å². The number of aliphatic imine (C=N–C) groups is 1. The molecular weight excluding hydrogens is 502 g/mol. The van der Waals surface area contributed by atoms with E-state index in [2.05, 4.69) is 15.1 Å². The van der Waals surface area contributed by atoms with Crippen molar-refractivity contribution in [3.05, 3.63) is 94.3 Å². The number of carbonyl (C=O) groups is 2. The lowest BCUT2D eigenvalue weighted by atomic mass is 10.1. The molecule has 1 amide bonds. The summed E-state index contributed by atoms with van der Waals surface area (Å²) in [5, 5.41) is 15.5. The third-order valence-corrected chi connectivity index (χ3v) is 6.45. The van der Waals surface area contributed by atoms with Gasteiger partial charge in [-0.05, 0) is 59.8 Å². The van der Waals surface area contributed by atoms with Crippen LogP contribution < -0.4 is 9.47 Å². The minimum atomic E-state index is -0.634. The van der Waals surface area contributed by atoms with Gasteiger partial charge >= 0.3 is 5.97 Å². The number of amides is 1. The van der Waals surface area contributed by atoms with Crippen molar-refractivity contribution in [2.45, 2.75) is 0 Å². The maximum Gasteiger partial charge on any atom is 0.345 e. The molecule has 1 aromatic heterocycles. The van der Waals surface area contributed by atoms with Crippen LogP contribution in [0.25, 0.3) is 6.08 Å². The Morgan fingerprint density at radius 1 is 1.14 bits per heavy atom. The molecule has 9 nitrogen and oxygen atoms in total. The summed E-state index contributed by atoms with van der Waals surface area (Å²) in [6.07, 6.45) is 4.81. The Hall–Kier alpha value is -4.28. The second-order valence-electron chi connectivity index (χ2n) is 7.45. The summed E-state index contributed by atoms with van der Waals surface area (Å²) in [6, 6.07) is 14.9. The molecule has 0 bridgehead atoms. The van der Waals surface area contributed by atoms with E-state index in [0.717, 1.165) is 5.56 Å². The number of nitrogens with one attached hydrogen (secondary N) is 1. The molecule has 178 valence electrons. The van der Waals surface area contributed by atoms with E-state index in [1.807, 2.05) is 6.07 Å². The molecule has 0 atom stereocenters. The van der Waals surface area contributed by atoms with Gasteiger partial charge in [-0.15, -0.1) is 0 Å². The summed E-state index contributed by atoms with van der Waals surface area (Å²) < 4.78 is 10.8. The molecule has 2 aliphatic rings. The Labute approximate surface area is 214 Å². The number of halogens is 1. The third kappa shape index (κ3) is 4.51. The van der Waals surface area contributed by atoms with Gasteiger partial charge < -0.3 is 9.47 Å². The van der Waals surface area contributed by atoms with Crippen molar-refractivity contribution >= 4 is 57.4 Å². The molecule has 1 N–H and O–H groups in total. The second kappa shape index (κ2) is 9.76. The van der Waals surface area contributed by atoms with Crippen molar-refractivity contribution in [3.63, 3.8) is 0 Å². The highest BCUT2D eigenvalue weighted by Gasteiger charge is 2.36.